The molecule has 8 heteroatoms. The van der Waals surface area contributed by atoms with Crippen LogP contribution < -0.4 is 5.73 Å². The number of carboxylic acid groups (broad SMARTS) is 1. The molecule has 1 aromatic carbocycles. The van der Waals surface area contributed by atoms with E-state index in [9.17, 15) is 9.36 Å². The molecule has 17 heavy (non-hydrogen) atoms. The minimum Gasteiger partial charge on any atom is -0.508 e. The first kappa shape index (κ1) is 13.7. The Morgan fingerprint density at radius 1 is 1.24 bits per heavy atom. The van der Waals surface area contributed by atoms with Gasteiger partial charge in [-0.2, -0.15) is 0 Å². The minimum atomic E-state index is -4.71. The summed E-state index contributed by atoms with van der Waals surface area (Å²) < 4.78 is 11.3. The van der Waals surface area contributed by atoms with Crippen LogP contribution in [0, 0.1) is 0 Å². The number of aliphatic carboxylic acids is 1. The lowest BCUT2D eigenvalue weighted by molar-refractivity contribution is -0.138. The van der Waals surface area contributed by atoms with E-state index < -0.39 is 25.3 Å². The fourth-order valence-corrected chi connectivity index (χ4v) is 2.52. The van der Waals surface area contributed by atoms with Crippen LogP contribution in [0.5, 0.6) is 5.75 Å². The summed E-state index contributed by atoms with van der Waals surface area (Å²) in [5.41, 5.74) is 3.69. The van der Waals surface area contributed by atoms with Gasteiger partial charge < -0.3 is 25.7 Å². The van der Waals surface area contributed by atoms with Gasteiger partial charge in [0.05, 0.1) is 0 Å². The Balaban J connectivity index is 3.20. The predicted octanol–water partition coefficient (Wildman–Crippen LogP) is 0.0229. The summed E-state index contributed by atoms with van der Waals surface area (Å²) in [6.07, 6.45) is 0. The van der Waals surface area contributed by atoms with Gasteiger partial charge in [0.1, 0.15) is 17.5 Å². The highest BCUT2D eigenvalue weighted by Gasteiger charge is 2.39. The van der Waals surface area contributed by atoms with Gasteiger partial charge in [0.2, 0.25) is 0 Å². The average molecular weight is 261 g/mol. The quantitative estimate of drug-likeness (QED) is 0.481. The number of benzene rings is 1. The highest BCUT2D eigenvalue weighted by atomic mass is 31.2. The van der Waals surface area contributed by atoms with Crippen molar-refractivity contribution in [1.29, 1.82) is 0 Å². The van der Waals surface area contributed by atoms with E-state index in [-0.39, 0.29) is 11.3 Å². The standard InChI is InChI=1S/C9H12NO6P/c10-7(9(12)13)8(17(14,15)16)5-1-3-6(11)4-2-5/h1-4,7-8,11H,10H2,(H,12,13)(H2,14,15,16)/t7-,8?/m0/s1. The van der Waals surface area contributed by atoms with Crippen molar-refractivity contribution < 1.29 is 29.4 Å². The van der Waals surface area contributed by atoms with Gasteiger partial charge in [0.15, 0.2) is 0 Å². The molecule has 0 spiro atoms. The zero-order chi connectivity index (χ0) is 13.2. The van der Waals surface area contributed by atoms with Crippen LogP contribution in [0.4, 0.5) is 0 Å². The Morgan fingerprint density at radius 3 is 2.06 bits per heavy atom. The van der Waals surface area contributed by atoms with Gasteiger partial charge in [-0.15, -0.1) is 0 Å². The second kappa shape index (κ2) is 4.85. The van der Waals surface area contributed by atoms with Gasteiger partial charge in [-0.05, 0) is 17.7 Å². The monoisotopic (exact) mass is 261 g/mol. The molecule has 6 N–H and O–H groups in total. The summed E-state index contributed by atoms with van der Waals surface area (Å²) in [6, 6.07) is 3.13. The molecule has 0 aromatic heterocycles. The zero-order valence-electron chi connectivity index (χ0n) is 8.59. The second-order valence-electron chi connectivity index (χ2n) is 3.49. The van der Waals surface area contributed by atoms with Gasteiger partial charge in [0.25, 0.3) is 0 Å². The topological polar surface area (TPSA) is 141 Å². The fourth-order valence-electron chi connectivity index (χ4n) is 1.42. The molecule has 0 bridgehead atoms. The van der Waals surface area contributed by atoms with Crippen LogP contribution in [0.2, 0.25) is 0 Å². The summed E-state index contributed by atoms with van der Waals surface area (Å²) in [6.45, 7) is 0. The molecule has 0 aliphatic carbocycles. The van der Waals surface area contributed by atoms with Crippen molar-refractivity contribution in [2.45, 2.75) is 11.7 Å². The van der Waals surface area contributed by atoms with Gasteiger partial charge in [-0.3, -0.25) is 9.36 Å². The first-order valence-corrected chi connectivity index (χ1v) is 6.24. The van der Waals surface area contributed by atoms with Gasteiger partial charge in [-0.25, -0.2) is 0 Å². The Bertz CT molecular complexity index is 453. The lowest BCUT2D eigenvalue weighted by Gasteiger charge is -2.22. The lowest BCUT2D eigenvalue weighted by Crippen LogP contribution is -2.36. The number of carboxylic acids is 1. The van der Waals surface area contributed by atoms with E-state index in [1.807, 2.05) is 0 Å². The first-order valence-electron chi connectivity index (χ1n) is 4.56. The third kappa shape index (κ3) is 3.28. The van der Waals surface area contributed by atoms with Crippen molar-refractivity contribution >= 4 is 13.6 Å². The Labute approximate surface area is 96.7 Å². The van der Waals surface area contributed by atoms with E-state index in [1.54, 1.807) is 0 Å². The van der Waals surface area contributed by atoms with Crippen molar-refractivity contribution in [2.24, 2.45) is 5.73 Å². The summed E-state index contributed by atoms with van der Waals surface area (Å²) in [5, 5.41) is 17.8. The molecule has 0 heterocycles. The van der Waals surface area contributed by atoms with Crippen molar-refractivity contribution in [3.8, 4) is 5.75 Å². The number of carbonyl (C=O) groups is 1. The third-order valence-corrected chi connectivity index (χ3v) is 3.57. The van der Waals surface area contributed by atoms with Gasteiger partial charge >= 0.3 is 13.6 Å². The Kier molecular flexibility index (Phi) is 3.90. The molecule has 0 aliphatic rings. The van der Waals surface area contributed by atoms with Crippen LogP contribution in [0.15, 0.2) is 24.3 Å². The highest BCUT2D eigenvalue weighted by molar-refractivity contribution is 7.52. The SMILES string of the molecule is N[C@H](C(=O)O)C(c1ccc(O)cc1)P(=O)(O)O. The van der Waals surface area contributed by atoms with Crippen molar-refractivity contribution in [3.63, 3.8) is 0 Å². The zero-order valence-corrected chi connectivity index (χ0v) is 9.49. The minimum absolute atomic E-state index is 0.0611. The Hall–Kier alpha value is -1.40. The maximum atomic E-state index is 11.3. The van der Waals surface area contributed by atoms with E-state index in [1.165, 1.54) is 24.3 Å². The van der Waals surface area contributed by atoms with Crippen LogP contribution in [0.25, 0.3) is 0 Å². The van der Waals surface area contributed by atoms with Crippen LogP contribution in [0.1, 0.15) is 11.2 Å². The molecular weight excluding hydrogens is 249 g/mol. The molecule has 0 fully saturated rings. The molecule has 0 radical (unpaired) electrons. The van der Waals surface area contributed by atoms with E-state index in [0.29, 0.717) is 0 Å². The van der Waals surface area contributed by atoms with E-state index in [4.69, 9.17) is 25.7 Å². The van der Waals surface area contributed by atoms with Crippen LogP contribution in [-0.2, 0) is 9.36 Å². The summed E-state index contributed by atoms with van der Waals surface area (Å²) in [5.74, 6) is -1.60. The molecule has 0 aliphatic heterocycles. The predicted molar refractivity (Wildman–Crippen MR) is 58.5 cm³/mol. The van der Waals surface area contributed by atoms with E-state index in [0.717, 1.165) is 0 Å². The number of aromatic hydroxyl groups is 1. The molecule has 0 amide bonds. The normalized spacial score (nSPS) is 15.2. The second-order valence-corrected chi connectivity index (χ2v) is 5.22. The largest absolute Gasteiger partial charge is 0.508 e. The fraction of sp³-hybridized carbons (Fsp3) is 0.222. The van der Waals surface area contributed by atoms with Crippen molar-refractivity contribution in [2.75, 3.05) is 0 Å². The molecule has 0 saturated heterocycles. The summed E-state index contributed by atoms with van der Waals surface area (Å²) in [4.78, 5) is 29.0. The lowest BCUT2D eigenvalue weighted by atomic mass is 10.1. The molecule has 7 nitrogen and oxygen atoms in total. The first-order chi connectivity index (χ1) is 7.73. The van der Waals surface area contributed by atoms with E-state index >= 15 is 0 Å². The number of phenols is 1. The van der Waals surface area contributed by atoms with Crippen molar-refractivity contribution in [1.82, 2.24) is 0 Å². The number of hydrogen-bond acceptors (Lipinski definition) is 4. The number of nitrogens with two attached hydrogens (primary N) is 1. The maximum Gasteiger partial charge on any atom is 0.335 e. The van der Waals surface area contributed by atoms with E-state index in [2.05, 4.69) is 0 Å². The van der Waals surface area contributed by atoms with Gasteiger partial charge in [-0.1, -0.05) is 12.1 Å². The number of phenolic OH excluding ortho intramolecular Hbond substituents is 1. The molecule has 1 rings (SSSR count). The molecule has 0 saturated carbocycles. The van der Waals surface area contributed by atoms with Gasteiger partial charge in [0, 0.05) is 0 Å². The summed E-state index contributed by atoms with van der Waals surface area (Å²) >= 11 is 0. The maximum absolute atomic E-state index is 11.3. The number of hydrogen-bond donors (Lipinski definition) is 5. The Morgan fingerprint density at radius 2 is 1.71 bits per heavy atom. The number of rotatable bonds is 4. The van der Waals surface area contributed by atoms with Crippen LogP contribution in [-0.4, -0.2) is 32.0 Å². The van der Waals surface area contributed by atoms with Crippen LogP contribution in [0.3, 0.4) is 0 Å². The molecule has 94 valence electrons. The summed E-state index contributed by atoms with van der Waals surface area (Å²) in [7, 11) is -4.71. The molecule has 2 atom stereocenters. The molecule has 1 unspecified atom stereocenters. The molecule has 1 aromatic rings. The average Bonchev–Trinajstić information content (AvgIpc) is 2.19. The molecular formula is C9H12NO6P. The smallest absolute Gasteiger partial charge is 0.335 e. The van der Waals surface area contributed by atoms with Crippen molar-refractivity contribution in [3.05, 3.63) is 29.8 Å². The highest BCUT2D eigenvalue weighted by Crippen LogP contribution is 2.53. The van der Waals surface area contributed by atoms with Crippen LogP contribution >= 0.6 is 7.60 Å². The third-order valence-electron chi connectivity index (χ3n) is 2.22.